The van der Waals surface area contributed by atoms with Gasteiger partial charge in [0.1, 0.15) is 0 Å². The molecule has 0 N–H and O–H groups in total. The maximum absolute atomic E-state index is 2.40. The van der Waals surface area contributed by atoms with Crippen LogP contribution in [0.3, 0.4) is 0 Å². The minimum atomic E-state index is 0.599. The molecule has 0 fully saturated rings. The van der Waals surface area contributed by atoms with Gasteiger partial charge in [0.2, 0.25) is 0 Å². The molecule has 0 heteroatoms. The lowest BCUT2D eigenvalue weighted by molar-refractivity contribution is 0.664. The zero-order valence-corrected chi connectivity index (χ0v) is 22.3. The van der Waals surface area contributed by atoms with Gasteiger partial charge in [-0.15, -0.1) is 0 Å². The first-order valence-corrected chi connectivity index (χ1v) is 13.3. The molecule has 3 rings (SSSR count). The number of rotatable bonds is 10. The average Bonchev–Trinajstić information content (AvgIpc) is 2.87. The van der Waals surface area contributed by atoms with Gasteiger partial charge < -0.3 is 0 Å². The summed E-state index contributed by atoms with van der Waals surface area (Å²) in [4.78, 5) is 0. The van der Waals surface area contributed by atoms with E-state index in [2.05, 4.69) is 138 Å². The van der Waals surface area contributed by atoms with Crippen molar-refractivity contribution in [2.45, 2.75) is 60.3 Å². The van der Waals surface area contributed by atoms with Crippen molar-refractivity contribution in [3.63, 3.8) is 0 Å². The summed E-state index contributed by atoms with van der Waals surface area (Å²) in [7, 11) is 0. The number of hydrogen-bond donors (Lipinski definition) is 0. The largest absolute Gasteiger partial charge is 0.0848 e. The Hall–Kier alpha value is -3.12. The molecule has 35 heavy (non-hydrogen) atoms. The van der Waals surface area contributed by atoms with E-state index >= 15 is 0 Å². The van der Waals surface area contributed by atoms with E-state index in [0.717, 1.165) is 25.7 Å². The third-order valence-corrected chi connectivity index (χ3v) is 6.42. The molecule has 2 aromatic carbocycles. The van der Waals surface area contributed by atoms with Crippen molar-refractivity contribution in [1.29, 1.82) is 0 Å². The monoisotopic (exact) mass is 462 g/mol. The van der Waals surface area contributed by atoms with Crippen LogP contribution in [-0.2, 0) is 0 Å². The molecule has 0 aromatic heterocycles. The predicted octanol–water partition coefficient (Wildman–Crippen LogP) is 10.6. The lowest BCUT2D eigenvalue weighted by Crippen LogP contribution is -1.97. The van der Waals surface area contributed by atoms with E-state index in [0.29, 0.717) is 11.8 Å². The van der Waals surface area contributed by atoms with Crippen LogP contribution in [0.2, 0.25) is 0 Å². The Kier molecular flexibility index (Phi) is 10.4. The van der Waals surface area contributed by atoms with Crippen LogP contribution in [0.5, 0.6) is 0 Å². The zero-order chi connectivity index (χ0) is 25.0. The third-order valence-electron chi connectivity index (χ3n) is 6.42. The van der Waals surface area contributed by atoms with Gasteiger partial charge in [0.25, 0.3) is 0 Å². The first kappa shape index (κ1) is 26.5. The van der Waals surface area contributed by atoms with Crippen molar-refractivity contribution in [2.75, 3.05) is 0 Å². The third kappa shape index (κ3) is 8.25. The summed E-state index contributed by atoms with van der Waals surface area (Å²) in [5.74, 6) is 1.23. The van der Waals surface area contributed by atoms with Crippen LogP contribution in [0.1, 0.15) is 71.4 Å². The fraction of sp³-hybridized carbons (Fsp3) is 0.314. The van der Waals surface area contributed by atoms with Gasteiger partial charge >= 0.3 is 0 Å². The minimum absolute atomic E-state index is 0.599. The summed E-state index contributed by atoms with van der Waals surface area (Å²) < 4.78 is 0. The molecular formula is C35H42. The highest BCUT2D eigenvalue weighted by atomic mass is 14.1. The molecule has 0 saturated heterocycles. The molecule has 0 radical (unpaired) electrons. The van der Waals surface area contributed by atoms with E-state index in [1.165, 1.54) is 39.0 Å². The SMILES string of the molecule is CC\C=C/C=C(/C=C/C(=C\CC(C)C)c1cccc(-c2cccc(C3=CC=CC(C)C3)c2)c1)CC. The Morgan fingerprint density at radius 3 is 2.43 bits per heavy atom. The van der Waals surface area contributed by atoms with Gasteiger partial charge in [-0.05, 0) is 88.6 Å². The molecule has 1 aliphatic carbocycles. The molecular weight excluding hydrogens is 420 g/mol. The summed E-state index contributed by atoms with van der Waals surface area (Å²) in [6.45, 7) is 11.2. The Morgan fingerprint density at radius 1 is 0.971 bits per heavy atom. The van der Waals surface area contributed by atoms with Crippen molar-refractivity contribution < 1.29 is 0 Å². The molecule has 0 heterocycles. The van der Waals surface area contributed by atoms with Gasteiger partial charge in [0.05, 0.1) is 0 Å². The second kappa shape index (κ2) is 13.7. The fourth-order valence-electron chi connectivity index (χ4n) is 4.30. The average molecular weight is 463 g/mol. The van der Waals surface area contributed by atoms with Crippen molar-refractivity contribution in [3.8, 4) is 11.1 Å². The van der Waals surface area contributed by atoms with Crippen LogP contribution < -0.4 is 0 Å². The van der Waals surface area contributed by atoms with E-state index < -0.39 is 0 Å². The Morgan fingerprint density at radius 2 is 1.71 bits per heavy atom. The van der Waals surface area contributed by atoms with Gasteiger partial charge in [-0.25, -0.2) is 0 Å². The molecule has 182 valence electrons. The van der Waals surface area contributed by atoms with E-state index in [4.69, 9.17) is 0 Å². The van der Waals surface area contributed by atoms with Crippen LogP contribution >= 0.6 is 0 Å². The summed E-state index contributed by atoms with van der Waals surface area (Å²) in [5, 5.41) is 0. The van der Waals surface area contributed by atoms with Crippen molar-refractivity contribution in [3.05, 3.63) is 120 Å². The predicted molar refractivity (Wildman–Crippen MR) is 157 cm³/mol. The van der Waals surface area contributed by atoms with Crippen molar-refractivity contribution >= 4 is 11.1 Å². The van der Waals surface area contributed by atoms with Crippen LogP contribution in [0.25, 0.3) is 22.3 Å². The van der Waals surface area contributed by atoms with E-state index in [1.807, 2.05) is 0 Å². The number of hydrogen-bond acceptors (Lipinski definition) is 0. The van der Waals surface area contributed by atoms with E-state index in [1.54, 1.807) is 0 Å². The number of benzene rings is 2. The molecule has 0 bridgehead atoms. The minimum Gasteiger partial charge on any atom is -0.0848 e. The van der Waals surface area contributed by atoms with Gasteiger partial charge in [-0.1, -0.05) is 126 Å². The normalized spacial score (nSPS) is 17.1. The summed E-state index contributed by atoms with van der Waals surface area (Å²) in [5.41, 5.74) is 9.22. The highest BCUT2D eigenvalue weighted by molar-refractivity contribution is 5.80. The second-order valence-corrected chi connectivity index (χ2v) is 9.97. The maximum Gasteiger partial charge on any atom is -0.0178 e. The first-order chi connectivity index (χ1) is 17.0. The highest BCUT2D eigenvalue weighted by Crippen LogP contribution is 2.31. The molecule has 2 aromatic rings. The Labute approximate surface area is 214 Å². The maximum atomic E-state index is 2.40. The molecule has 0 nitrogen and oxygen atoms in total. The van der Waals surface area contributed by atoms with Gasteiger partial charge in [0, 0.05) is 0 Å². The van der Waals surface area contributed by atoms with Crippen molar-refractivity contribution in [1.82, 2.24) is 0 Å². The van der Waals surface area contributed by atoms with E-state index in [9.17, 15) is 0 Å². The smallest absolute Gasteiger partial charge is 0.0178 e. The van der Waals surface area contributed by atoms with Gasteiger partial charge in [0.15, 0.2) is 0 Å². The molecule has 0 amide bonds. The molecule has 0 spiro atoms. The fourth-order valence-corrected chi connectivity index (χ4v) is 4.30. The zero-order valence-electron chi connectivity index (χ0n) is 22.3. The van der Waals surface area contributed by atoms with Crippen LogP contribution in [0.4, 0.5) is 0 Å². The lowest BCUT2D eigenvalue weighted by Gasteiger charge is -2.16. The van der Waals surface area contributed by atoms with Gasteiger partial charge in [-0.2, -0.15) is 0 Å². The van der Waals surface area contributed by atoms with E-state index in [-0.39, 0.29) is 0 Å². The Balaban J connectivity index is 1.93. The molecule has 1 aliphatic rings. The molecule has 0 aliphatic heterocycles. The van der Waals surface area contributed by atoms with Crippen molar-refractivity contribution in [2.24, 2.45) is 11.8 Å². The summed E-state index contributed by atoms with van der Waals surface area (Å²) in [6.07, 6.45) is 24.6. The van der Waals surface area contributed by atoms with Crippen LogP contribution in [0.15, 0.2) is 109 Å². The van der Waals surface area contributed by atoms with Crippen LogP contribution in [0, 0.1) is 11.8 Å². The lowest BCUT2D eigenvalue weighted by atomic mass is 9.89. The van der Waals surface area contributed by atoms with Gasteiger partial charge in [-0.3, -0.25) is 0 Å². The topological polar surface area (TPSA) is 0 Å². The summed E-state index contributed by atoms with van der Waals surface area (Å²) in [6, 6.07) is 18.0. The quantitative estimate of drug-likeness (QED) is 0.308. The number of allylic oxidation sites excluding steroid dienone is 12. The highest BCUT2D eigenvalue weighted by Gasteiger charge is 2.10. The molecule has 0 saturated carbocycles. The molecule has 1 atom stereocenters. The first-order valence-electron chi connectivity index (χ1n) is 13.3. The second-order valence-electron chi connectivity index (χ2n) is 9.97. The molecule has 1 unspecified atom stereocenters. The Bertz CT molecular complexity index is 1140. The standard InChI is InChI=1S/C35H42/c1-6-8-9-14-29(7-2)21-23-30(22-20-27(3)4)32-16-11-18-34(25-32)35-19-12-17-33(26-35)31-15-10-13-28(5)24-31/h8-19,21-23,25-28H,6-7,20,24H2,1-5H3/b9-8-,23-21+,29-14+,30-22+. The summed E-state index contributed by atoms with van der Waals surface area (Å²) >= 11 is 0. The van der Waals surface area contributed by atoms with Crippen LogP contribution in [-0.4, -0.2) is 0 Å².